The Morgan fingerprint density at radius 1 is 0.700 bits per heavy atom. The van der Waals surface area contributed by atoms with Crippen LogP contribution >= 0.6 is 49.6 Å². The third-order valence-corrected chi connectivity index (χ3v) is 0.827. The zero-order valence-corrected chi connectivity index (χ0v) is 11.1. The van der Waals surface area contributed by atoms with Crippen LogP contribution in [0.3, 0.4) is 0 Å². The molecule has 0 amide bonds. The maximum Gasteiger partial charge on any atom is 0.0466 e. The Labute approximate surface area is 106 Å². The van der Waals surface area contributed by atoms with E-state index in [9.17, 15) is 0 Å². The van der Waals surface area contributed by atoms with Gasteiger partial charge in [-0.3, -0.25) is 0 Å². The first-order chi connectivity index (χ1) is 2.50. The minimum atomic E-state index is 0. The summed E-state index contributed by atoms with van der Waals surface area (Å²) in [6.45, 7) is 2.00. The maximum atomic E-state index is 4.94. The van der Waals surface area contributed by atoms with Gasteiger partial charge in [0.05, 0.1) is 0 Å². The predicted octanol–water partition coefficient (Wildman–Crippen LogP) is 2.48. The van der Waals surface area contributed by atoms with Crippen LogP contribution in [-0.2, 0) is 30.9 Å². The van der Waals surface area contributed by atoms with Gasteiger partial charge in [0.2, 0.25) is 0 Å². The molecule has 1 saturated heterocycles. The molecule has 1 aliphatic heterocycles. The van der Waals surface area contributed by atoms with Crippen molar-refractivity contribution in [2.75, 3.05) is 13.2 Å². The van der Waals surface area contributed by atoms with E-state index in [1.54, 1.807) is 0 Å². The number of ether oxygens (including phenoxy) is 1. The first kappa shape index (κ1) is 29.6. The topological polar surface area (TPSA) is 9.23 Å². The number of hydrogen-bond donors (Lipinski definition) is 0. The van der Waals surface area contributed by atoms with Crippen molar-refractivity contribution < 1.29 is 30.9 Å². The zero-order valence-electron chi connectivity index (χ0n) is 5.37. The number of halogens is 4. The van der Waals surface area contributed by atoms with E-state index in [-0.39, 0.29) is 75.8 Å². The second kappa shape index (κ2) is 22.4. The first-order valence-electron chi connectivity index (χ1n) is 2.08. The molecule has 6 heteroatoms. The molecule has 0 N–H and O–H groups in total. The smallest absolute Gasteiger partial charge is 0.0466 e. The molecule has 1 nitrogen and oxygen atoms in total. The summed E-state index contributed by atoms with van der Waals surface area (Å²) in [5.74, 6) is 0. The van der Waals surface area contributed by atoms with Gasteiger partial charge in [-0.2, -0.15) is 0 Å². The van der Waals surface area contributed by atoms with Gasteiger partial charge in [-0.25, -0.2) is 0 Å². The van der Waals surface area contributed by atoms with Crippen molar-refractivity contribution in [3.8, 4) is 0 Å². The molecule has 66 valence electrons. The Morgan fingerprint density at radius 3 is 1.10 bits per heavy atom. The van der Waals surface area contributed by atoms with E-state index in [1.165, 1.54) is 12.8 Å². The van der Waals surface area contributed by atoms with Gasteiger partial charge in [-0.1, -0.05) is 0 Å². The van der Waals surface area contributed by atoms with Crippen LogP contribution in [0, 0.1) is 0 Å². The fourth-order valence-electron chi connectivity index (χ4n) is 0.510. The molecule has 0 bridgehead atoms. The molecule has 1 aliphatic rings. The fourth-order valence-corrected chi connectivity index (χ4v) is 0.510. The van der Waals surface area contributed by atoms with Crippen molar-refractivity contribution in [1.82, 2.24) is 0 Å². The first-order valence-corrected chi connectivity index (χ1v) is 2.08. The van der Waals surface area contributed by atoms with Crippen molar-refractivity contribution in [2.45, 2.75) is 12.8 Å². The molecule has 1 heterocycles. The summed E-state index contributed by atoms with van der Waals surface area (Å²) >= 11 is 0. The summed E-state index contributed by atoms with van der Waals surface area (Å²) in [6.07, 6.45) is 2.56. The Morgan fingerprint density at radius 2 is 1.00 bits per heavy atom. The van der Waals surface area contributed by atoms with Crippen LogP contribution in [0.1, 0.15) is 12.8 Å². The van der Waals surface area contributed by atoms with Gasteiger partial charge in [0, 0.05) is 39.4 Å². The van der Waals surface area contributed by atoms with E-state index in [0.717, 1.165) is 13.2 Å². The average Bonchev–Trinajstić information content (AvgIpc) is 1.76. The number of hydrogen-bond acceptors (Lipinski definition) is 1. The standard InChI is InChI=1S/C4H8O.4ClH.Zr/c1-2-4-5-3-1;;;;;/h1-4H2;4*1H;. The largest absolute Gasteiger partial charge is 0.381 e. The van der Waals surface area contributed by atoms with Crippen molar-refractivity contribution in [2.24, 2.45) is 0 Å². The normalized spacial score (nSPS) is 12.0. The molecular formula is C4H12Cl4OZr. The Hall–Kier alpha value is 2.00. The SMILES string of the molecule is C1CCOC1.Cl.Cl.Cl.Cl.[Zr]. The van der Waals surface area contributed by atoms with Gasteiger partial charge in [0.1, 0.15) is 0 Å². The third kappa shape index (κ3) is 16.5. The van der Waals surface area contributed by atoms with Crippen LogP contribution in [0.2, 0.25) is 0 Å². The maximum absolute atomic E-state index is 4.94. The van der Waals surface area contributed by atoms with E-state index in [4.69, 9.17) is 4.74 Å². The van der Waals surface area contributed by atoms with Crippen LogP contribution in [0.25, 0.3) is 0 Å². The van der Waals surface area contributed by atoms with E-state index in [0.29, 0.717) is 0 Å². The summed E-state index contributed by atoms with van der Waals surface area (Å²) in [6, 6.07) is 0. The van der Waals surface area contributed by atoms with E-state index >= 15 is 0 Å². The monoisotopic (exact) mass is 306 g/mol. The molecule has 0 aromatic carbocycles. The Kier molecular flexibility index (Phi) is 66.5. The van der Waals surface area contributed by atoms with Crippen molar-refractivity contribution >= 4 is 49.6 Å². The molecule has 1 rings (SSSR count). The third-order valence-electron chi connectivity index (χ3n) is 0.827. The van der Waals surface area contributed by atoms with Gasteiger partial charge in [0.25, 0.3) is 0 Å². The van der Waals surface area contributed by atoms with Gasteiger partial charge in [-0.05, 0) is 12.8 Å². The van der Waals surface area contributed by atoms with Gasteiger partial charge >= 0.3 is 0 Å². The summed E-state index contributed by atoms with van der Waals surface area (Å²) < 4.78 is 4.94. The molecule has 0 aromatic heterocycles. The van der Waals surface area contributed by atoms with Crippen LogP contribution in [0.15, 0.2) is 0 Å². The molecular weight excluding hydrogens is 297 g/mol. The van der Waals surface area contributed by atoms with Gasteiger partial charge < -0.3 is 4.74 Å². The Balaban J connectivity index is -0.0000000167. The molecule has 0 saturated carbocycles. The summed E-state index contributed by atoms with van der Waals surface area (Å²) in [5, 5.41) is 0. The fraction of sp³-hybridized carbons (Fsp3) is 1.00. The molecule has 0 atom stereocenters. The van der Waals surface area contributed by atoms with E-state index in [1.807, 2.05) is 0 Å². The molecule has 0 unspecified atom stereocenters. The molecule has 0 aliphatic carbocycles. The minimum absolute atomic E-state index is 0. The van der Waals surface area contributed by atoms with Crippen LogP contribution < -0.4 is 0 Å². The number of rotatable bonds is 0. The van der Waals surface area contributed by atoms with Crippen molar-refractivity contribution in [3.63, 3.8) is 0 Å². The van der Waals surface area contributed by atoms with Crippen molar-refractivity contribution in [3.05, 3.63) is 0 Å². The molecule has 1 fully saturated rings. The molecule has 0 radical (unpaired) electrons. The van der Waals surface area contributed by atoms with Crippen LogP contribution in [0.5, 0.6) is 0 Å². The van der Waals surface area contributed by atoms with Gasteiger partial charge in [-0.15, -0.1) is 49.6 Å². The second-order valence-corrected chi connectivity index (χ2v) is 1.32. The molecule has 0 spiro atoms. The predicted molar refractivity (Wildman–Crippen MR) is 49.0 cm³/mol. The molecule has 0 aromatic rings. The second-order valence-electron chi connectivity index (χ2n) is 1.32. The minimum Gasteiger partial charge on any atom is -0.381 e. The Bertz CT molecular complexity index is 28.8. The van der Waals surface area contributed by atoms with Crippen LogP contribution in [0.4, 0.5) is 0 Å². The van der Waals surface area contributed by atoms with E-state index < -0.39 is 0 Å². The van der Waals surface area contributed by atoms with Crippen molar-refractivity contribution in [1.29, 1.82) is 0 Å². The van der Waals surface area contributed by atoms with E-state index in [2.05, 4.69) is 0 Å². The zero-order chi connectivity index (χ0) is 3.54. The average molecular weight is 309 g/mol. The molecule has 10 heavy (non-hydrogen) atoms. The summed E-state index contributed by atoms with van der Waals surface area (Å²) in [7, 11) is 0. The quantitative estimate of drug-likeness (QED) is 0.668. The summed E-state index contributed by atoms with van der Waals surface area (Å²) in [5.41, 5.74) is 0. The van der Waals surface area contributed by atoms with Gasteiger partial charge in [0.15, 0.2) is 0 Å². The summed E-state index contributed by atoms with van der Waals surface area (Å²) in [4.78, 5) is 0. The van der Waals surface area contributed by atoms with Crippen LogP contribution in [-0.4, -0.2) is 13.2 Å².